The summed E-state index contributed by atoms with van der Waals surface area (Å²) in [5.41, 5.74) is 0.204. The summed E-state index contributed by atoms with van der Waals surface area (Å²) in [5.74, 6) is -1.33. The van der Waals surface area contributed by atoms with Gasteiger partial charge in [-0.3, -0.25) is 14.3 Å². The van der Waals surface area contributed by atoms with Crippen LogP contribution in [0.15, 0.2) is 12.4 Å². The first-order chi connectivity index (χ1) is 8.25. The van der Waals surface area contributed by atoms with Gasteiger partial charge in [-0.25, -0.2) is 0 Å². The van der Waals surface area contributed by atoms with Crippen molar-refractivity contribution in [3.63, 3.8) is 0 Å². The summed E-state index contributed by atoms with van der Waals surface area (Å²) in [7, 11) is 0. The Morgan fingerprint density at radius 2 is 2.06 bits per heavy atom. The van der Waals surface area contributed by atoms with Gasteiger partial charge in [-0.2, -0.15) is 5.10 Å². The van der Waals surface area contributed by atoms with E-state index in [0.29, 0.717) is 12.1 Å². The molecule has 0 unspecified atom stereocenters. The van der Waals surface area contributed by atoms with Gasteiger partial charge in [0.15, 0.2) is 0 Å². The highest BCUT2D eigenvalue weighted by molar-refractivity contribution is 5.95. The van der Waals surface area contributed by atoms with Gasteiger partial charge < -0.3 is 10.0 Å². The fraction of sp³-hybridized carbons (Fsp3) is 0.583. The molecule has 6 heteroatoms. The van der Waals surface area contributed by atoms with Crippen LogP contribution >= 0.6 is 0 Å². The summed E-state index contributed by atoms with van der Waals surface area (Å²) >= 11 is 0. The normalized spacial score (nSPS) is 11.3. The lowest BCUT2D eigenvalue weighted by Crippen LogP contribution is -2.35. The Kier molecular flexibility index (Phi) is 4.11. The van der Waals surface area contributed by atoms with Crippen molar-refractivity contribution in [1.82, 2.24) is 14.7 Å². The minimum absolute atomic E-state index is 0.206. The molecule has 18 heavy (non-hydrogen) atoms. The van der Waals surface area contributed by atoms with Crippen LogP contribution in [0.2, 0.25) is 0 Å². The van der Waals surface area contributed by atoms with Crippen LogP contribution in [0.25, 0.3) is 0 Å². The highest BCUT2D eigenvalue weighted by atomic mass is 16.4. The predicted molar refractivity (Wildman–Crippen MR) is 66.4 cm³/mol. The van der Waals surface area contributed by atoms with E-state index in [1.54, 1.807) is 17.8 Å². The van der Waals surface area contributed by atoms with Crippen LogP contribution in [-0.4, -0.2) is 44.8 Å². The number of aliphatic carboxylic acids is 1. The summed E-state index contributed by atoms with van der Waals surface area (Å²) in [6.07, 6.45) is 3.12. The topological polar surface area (TPSA) is 75.4 Å². The first-order valence-electron chi connectivity index (χ1n) is 5.82. The Morgan fingerprint density at radius 1 is 1.44 bits per heavy atom. The molecule has 0 aliphatic heterocycles. The molecule has 6 nitrogen and oxygen atoms in total. The van der Waals surface area contributed by atoms with Crippen molar-refractivity contribution in [2.45, 2.75) is 33.2 Å². The molecule has 0 spiro atoms. The second-order valence-corrected chi connectivity index (χ2v) is 5.06. The largest absolute Gasteiger partial charge is 0.480 e. The van der Waals surface area contributed by atoms with Gasteiger partial charge in [0.2, 0.25) is 0 Å². The lowest BCUT2D eigenvalue weighted by molar-refractivity contribution is -0.137. The van der Waals surface area contributed by atoms with Gasteiger partial charge in [-0.15, -0.1) is 0 Å². The number of amides is 1. The second kappa shape index (κ2) is 5.20. The number of carboxylic acids is 1. The zero-order chi connectivity index (χ0) is 13.9. The van der Waals surface area contributed by atoms with Gasteiger partial charge in [-0.1, -0.05) is 0 Å². The lowest BCUT2D eigenvalue weighted by atomic mass is 10.1. The van der Waals surface area contributed by atoms with E-state index in [2.05, 4.69) is 5.10 Å². The number of carbonyl (C=O) groups is 2. The van der Waals surface area contributed by atoms with Gasteiger partial charge in [0, 0.05) is 12.7 Å². The minimum Gasteiger partial charge on any atom is -0.480 e. The highest BCUT2D eigenvalue weighted by Crippen LogP contribution is 2.14. The molecule has 1 rings (SSSR count). The summed E-state index contributed by atoms with van der Waals surface area (Å²) in [6.45, 7) is 7.73. The van der Waals surface area contributed by atoms with Crippen LogP contribution in [0.3, 0.4) is 0 Å². The monoisotopic (exact) mass is 253 g/mol. The predicted octanol–water partition coefficient (Wildman–Crippen LogP) is 1.18. The number of rotatable bonds is 4. The van der Waals surface area contributed by atoms with Crippen molar-refractivity contribution in [2.24, 2.45) is 0 Å². The van der Waals surface area contributed by atoms with E-state index in [4.69, 9.17) is 5.11 Å². The third kappa shape index (κ3) is 3.32. The van der Waals surface area contributed by atoms with Crippen molar-refractivity contribution in [1.29, 1.82) is 0 Å². The number of likely N-dealkylation sites (N-methyl/N-ethyl adjacent to an activating group) is 1. The van der Waals surface area contributed by atoms with Crippen LogP contribution in [-0.2, 0) is 10.3 Å². The molecular weight excluding hydrogens is 234 g/mol. The third-order valence-electron chi connectivity index (χ3n) is 2.51. The molecular formula is C12H19N3O3. The molecule has 0 bridgehead atoms. The maximum atomic E-state index is 12.1. The standard InChI is InChI=1S/C12H19N3O3/c1-5-14(8-10(16)17)11(18)9-6-13-15(7-9)12(2,3)4/h6-7H,5,8H2,1-4H3,(H,16,17). The Labute approximate surface area is 106 Å². The zero-order valence-electron chi connectivity index (χ0n) is 11.2. The summed E-state index contributed by atoms with van der Waals surface area (Å²) in [4.78, 5) is 24.0. The SMILES string of the molecule is CCN(CC(=O)O)C(=O)c1cnn(C(C)(C)C)c1. The molecule has 1 amide bonds. The number of hydrogen-bond acceptors (Lipinski definition) is 3. The molecule has 0 fully saturated rings. The number of hydrogen-bond donors (Lipinski definition) is 1. The molecule has 0 aliphatic rings. The van der Waals surface area contributed by atoms with Gasteiger partial charge in [-0.05, 0) is 27.7 Å². The van der Waals surface area contributed by atoms with Crippen molar-refractivity contribution in [3.8, 4) is 0 Å². The lowest BCUT2D eigenvalue weighted by Gasteiger charge is -2.19. The second-order valence-electron chi connectivity index (χ2n) is 5.06. The zero-order valence-corrected chi connectivity index (χ0v) is 11.2. The van der Waals surface area contributed by atoms with Crippen molar-refractivity contribution in [2.75, 3.05) is 13.1 Å². The minimum atomic E-state index is -1.02. The smallest absolute Gasteiger partial charge is 0.323 e. The first-order valence-corrected chi connectivity index (χ1v) is 5.82. The van der Waals surface area contributed by atoms with Gasteiger partial charge in [0.05, 0.1) is 17.3 Å². The van der Waals surface area contributed by atoms with Crippen LogP contribution in [0.5, 0.6) is 0 Å². The van der Waals surface area contributed by atoms with E-state index in [0.717, 1.165) is 0 Å². The van der Waals surface area contributed by atoms with Crippen molar-refractivity contribution >= 4 is 11.9 Å². The highest BCUT2D eigenvalue weighted by Gasteiger charge is 2.21. The molecule has 0 aromatic carbocycles. The van der Waals surface area contributed by atoms with Gasteiger partial charge >= 0.3 is 5.97 Å². The van der Waals surface area contributed by atoms with E-state index in [1.165, 1.54) is 11.1 Å². The number of nitrogens with zero attached hydrogens (tertiary/aromatic N) is 3. The molecule has 100 valence electrons. The number of carbonyl (C=O) groups excluding carboxylic acids is 1. The average molecular weight is 253 g/mol. The molecule has 0 atom stereocenters. The molecule has 1 N–H and O–H groups in total. The van der Waals surface area contributed by atoms with Crippen LogP contribution in [0.1, 0.15) is 38.1 Å². The van der Waals surface area contributed by atoms with Crippen LogP contribution in [0, 0.1) is 0 Å². The molecule has 1 heterocycles. The van der Waals surface area contributed by atoms with E-state index < -0.39 is 5.97 Å². The van der Waals surface area contributed by atoms with Gasteiger partial charge in [0.1, 0.15) is 6.54 Å². The van der Waals surface area contributed by atoms with Crippen molar-refractivity contribution in [3.05, 3.63) is 18.0 Å². The van der Waals surface area contributed by atoms with E-state index in [1.807, 2.05) is 20.8 Å². The fourth-order valence-corrected chi connectivity index (χ4v) is 1.47. The van der Waals surface area contributed by atoms with E-state index in [9.17, 15) is 9.59 Å². The van der Waals surface area contributed by atoms with Gasteiger partial charge in [0.25, 0.3) is 5.91 Å². The summed E-state index contributed by atoms with van der Waals surface area (Å²) in [5, 5.41) is 12.9. The average Bonchev–Trinajstić information content (AvgIpc) is 2.73. The number of aromatic nitrogens is 2. The molecule has 0 radical (unpaired) electrons. The first kappa shape index (κ1) is 14.2. The molecule has 1 aromatic rings. The molecule has 0 aliphatic carbocycles. The quantitative estimate of drug-likeness (QED) is 0.874. The molecule has 0 saturated heterocycles. The Morgan fingerprint density at radius 3 is 2.44 bits per heavy atom. The summed E-state index contributed by atoms with van der Waals surface area (Å²) < 4.78 is 1.69. The summed E-state index contributed by atoms with van der Waals surface area (Å²) in [6, 6.07) is 0. The van der Waals surface area contributed by atoms with Crippen LogP contribution in [0.4, 0.5) is 0 Å². The van der Waals surface area contributed by atoms with Crippen molar-refractivity contribution < 1.29 is 14.7 Å². The fourth-order valence-electron chi connectivity index (χ4n) is 1.47. The Hall–Kier alpha value is -1.85. The van der Waals surface area contributed by atoms with E-state index in [-0.39, 0.29) is 18.0 Å². The Balaban J connectivity index is 2.89. The Bertz CT molecular complexity index is 446. The van der Waals surface area contributed by atoms with E-state index >= 15 is 0 Å². The van der Waals surface area contributed by atoms with Crippen LogP contribution < -0.4 is 0 Å². The maximum Gasteiger partial charge on any atom is 0.323 e. The molecule has 1 aromatic heterocycles. The third-order valence-corrected chi connectivity index (χ3v) is 2.51. The molecule has 0 saturated carbocycles. The number of carboxylic acid groups (broad SMARTS) is 1. The maximum absolute atomic E-state index is 12.1.